The zero-order valence-corrected chi connectivity index (χ0v) is 16.4. The van der Waals surface area contributed by atoms with Gasteiger partial charge in [0.05, 0.1) is 29.2 Å². The topological polar surface area (TPSA) is 47.3 Å². The van der Waals surface area contributed by atoms with E-state index in [2.05, 4.69) is 36.1 Å². The SMILES string of the molecule is Cc1cccc(N2CSC3=C(C#N)C(c4ccccc4Cl)CC(=O)N3C2)c1. The van der Waals surface area contributed by atoms with Gasteiger partial charge in [0, 0.05) is 23.0 Å². The van der Waals surface area contributed by atoms with Crippen LogP contribution in [-0.2, 0) is 4.79 Å². The minimum absolute atomic E-state index is 0.0266. The Labute approximate surface area is 168 Å². The second-order valence-electron chi connectivity index (χ2n) is 6.72. The minimum atomic E-state index is -0.277. The van der Waals surface area contributed by atoms with E-state index < -0.39 is 0 Å². The minimum Gasteiger partial charge on any atom is -0.344 e. The van der Waals surface area contributed by atoms with E-state index in [1.165, 1.54) is 5.56 Å². The third kappa shape index (κ3) is 3.31. The van der Waals surface area contributed by atoms with Gasteiger partial charge in [-0.15, -0.1) is 0 Å². The lowest BCUT2D eigenvalue weighted by atomic mass is 9.86. The molecule has 136 valence electrons. The molecule has 0 saturated carbocycles. The van der Waals surface area contributed by atoms with Gasteiger partial charge in [0.25, 0.3) is 0 Å². The number of thioether (sulfide) groups is 1. The summed E-state index contributed by atoms with van der Waals surface area (Å²) in [6.45, 7) is 2.52. The maximum absolute atomic E-state index is 12.9. The standard InChI is InChI=1S/C21H18ClN3OS/c1-14-5-4-6-15(9-14)24-12-25-20(26)10-17(16-7-2-3-8-19(16)22)18(11-23)21(25)27-13-24/h2-9,17H,10,12-13H2,1H3. The number of nitriles is 1. The predicted octanol–water partition coefficient (Wildman–Crippen LogP) is 4.87. The van der Waals surface area contributed by atoms with Crippen LogP contribution in [0.3, 0.4) is 0 Å². The summed E-state index contributed by atoms with van der Waals surface area (Å²) in [4.78, 5) is 16.8. The van der Waals surface area contributed by atoms with Crippen molar-refractivity contribution in [3.8, 4) is 6.07 Å². The number of aryl methyl sites for hydroxylation is 1. The first kappa shape index (κ1) is 18.0. The fourth-order valence-electron chi connectivity index (χ4n) is 3.57. The molecule has 0 aliphatic carbocycles. The monoisotopic (exact) mass is 395 g/mol. The number of rotatable bonds is 2. The number of anilines is 1. The number of halogens is 1. The number of nitrogens with zero attached hydrogens (tertiary/aromatic N) is 3. The first-order chi connectivity index (χ1) is 13.1. The molecular weight excluding hydrogens is 378 g/mol. The number of amides is 1. The summed E-state index contributed by atoms with van der Waals surface area (Å²) in [5, 5.41) is 11.2. The fourth-order valence-corrected chi connectivity index (χ4v) is 5.01. The molecule has 2 aromatic rings. The summed E-state index contributed by atoms with van der Waals surface area (Å²) in [6, 6.07) is 18.1. The first-order valence-corrected chi connectivity index (χ1v) is 10.1. The molecule has 0 aromatic heterocycles. The summed E-state index contributed by atoms with van der Waals surface area (Å²) in [6.07, 6.45) is 0.262. The van der Waals surface area contributed by atoms with Gasteiger partial charge in [-0.05, 0) is 36.2 Å². The lowest BCUT2D eigenvalue weighted by molar-refractivity contribution is -0.129. The average Bonchev–Trinajstić information content (AvgIpc) is 2.68. The molecule has 2 heterocycles. The quantitative estimate of drug-likeness (QED) is 0.727. The van der Waals surface area contributed by atoms with Gasteiger partial charge in [-0.3, -0.25) is 9.69 Å². The van der Waals surface area contributed by atoms with Crippen LogP contribution in [0.1, 0.15) is 23.5 Å². The number of carbonyl (C=O) groups is 1. The van der Waals surface area contributed by atoms with Crippen LogP contribution in [-0.4, -0.2) is 23.4 Å². The number of hydrogen-bond acceptors (Lipinski definition) is 4. The van der Waals surface area contributed by atoms with Crippen LogP contribution in [0.2, 0.25) is 5.02 Å². The highest BCUT2D eigenvalue weighted by Gasteiger charge is 2.38. The van der Waals surface area contributed by atoms with Crippen LogP contribution in [0.25, 0.3) is 0 Å². The van der Waals surface area contributed by atoms with Crippen molar-refractivity contribution in [2.75, 3.05) is 17.4 Å². The lowest BCUT2D eigenvalue weighted by Crippen LogP contribution is -2.47. The molecule has 4 nitrogen and oxygen atoms in total. The van der Waals surface area contributed by atoms with Gasteiger partial charge in [0.15, 0.2) is 0 Å². The van der Waals surface area contributed by atoms with Gasteiger partial charge in [0.1, 0.15) is 0 Å². The Morgan fingerprint density at radius 1 is 1.22 bits per heavy atom. The van der Waals surface area contributed by atoms with E-state index in [-0.39, 0.29) is 18.2 Å². The van der Waals surface area contributed by atoms with E-state index in [0.717, 1.165) is 16.3 Å². The van der Waals surface area contributed by atoms with Crippen molar-refractivity contribution in [1.29, 1.82) is 5.26 Å². The van der Waals surface area contributed by atoms with E-state index in [9.17, 15) is 10.1 Å². The Balaban J connectivity index is 1.69. The van der Waals surface area contributed by atoms with E-state index >= 15 is 0 Å². The molecular formula is C21H18ClN3OS. The highest BCUT2D eigenvalue weighted by atomic mass is 35.5. The van der Waals surface area contributed by atoms with Gasteiger partial charge in [-0.2, -0.15) is 5.26 Å². The second kappa shape index (κ2) is 7.30. The molecule has 1 saturated heterocycles. The van der Waals surface area contributed by atoms with Crippen molar-refractivity contribution < 1.29 is 4.79 Å². The van der Waals surface area contributed by atoms with Crippen molar-refractivity contribution in [1.82, 2.24) is 4.90 Å². The maximum atomic E-state index is 12.9. The van der Waals surface area contributed by atoms with Crippen molar-refractivity contribution in [3.05, 3.63) is 75.3 Å². The molecule has 2 aliphatic heterocycles. The van der Waals surface area contributed by atoms with Gasteiger partial charge in [-0.1, -0.05) is 53.7 Å². The van der Waals surface area contributed by atoms with E-state index in [1.807, 2.05) is 24.3 Å². The van der Waals surface area contributed by atoms with Crippen molar-refractivity contribution in [3.63, 3.8) is 0 Å². The number of hydrogen-bond donors (Lipinski definition) is 0. The Kier molecular flexibility index (Phi) is 4.86. The highest BCUT2D eigenvalue weighted by molar-refractivity contribution is 8.03. The Morgan fingerprint density at radius 3 is 2.78 bits per heavy atom. The van der Waals surface area contributed by atoms with E-state index in [1.54, 1.807) is 22.7 Å². The third-order valence-corrected chi connectivity index (χ3v) is 6.44. The Morgan fingerprint density at radius 2 is 2.04 bits per heavy atom. The lowest BCUT2D eigenvalue weighted by Gasteiger charge is -2.42. The van der Waals surface area contributed by atoms with Gasteiger partial charge >= 0.3 is 0 Å². The summed E-state index contributed by atoms with van der Waals surface area (Å²) in [7, 11) is 0. The molecule has 1 fully saturated rings. The zero-order chi connectivity index (χ0) is 19.0. The van der Waals surface area contributed by atoms with Crippen LogP contribution in [0.5, 0.6) is 0 Å². The third-order valence-electron chi connectivity index (χ3n) is 4.94. The van der Waals surface area contributed by atoms with Crippen LogP contribution < -0.4 is 4.90 Å². The summed E-state index contributed by atoms with van der Waals surface area (Å²) in [5.74, 6) is 0.447. The highest BCUT2D eigenvalue weighted by Crippen LogP contribution is 2.44. The molecule has 2 aromatic carbocycles. The van der Waals surface area contributed by atoms with Crippen LogP contribution >= 0.6 is 23.4 Å². The molecule has 1 unspecified atom stereocenters. The molecule has 0 radical (unpaired) electrons. The fraction of sp³-hybridized carbons (Fsp3) is 0.238. The van der Waals surface area contributed by atoms with E-state index in [0.29, 0.717) is 23.1 Å². The molecule has 1 atom stereocenters. The molecule has 2 aliphatic rings. The molecule has 27 heavy (non-hydrogen) atoms. The largest absolute Gasteiger partial charge is 0.344 e. The second-order valence-corrected chi connectivity index (χ2v) is 8.07. The Hall–Kier alpha value is -2.42. The smallest absolute Gasteiger partial charge is 0.229 e. The summed E-state index contributed by atoms with van der Waals surface area (Å²) in [5.41, 5.74) is 3.75. The van der Waals surface area contributed by atoms with Crippen LogP contribution in [0.15, 0.2) is 59.1 Å². The predicted molar refractivity (Wildman–Crippen MR) is 109 cm³/mol. The van der Waals surface area contributed by atoms with Gasteiger partial charge in [-0.25, -0.2) is 0 Å². The molecule has 4 rings (SSSR count). The molecule has 0 spiro atoms. The first-order valence-electron chi connectivity index (χ1n) is 8.72. The molecule has 6 heteroatoms. The Bertz CT molecular complexity index is 981. The van der Waals surface area contributed by atoms with Crippen molar-refractivity contribution in [2.24, 2.45) is 0 Å². The maximum Gasteiger partial charge on any atom is 0.229 e. The van der Waals surface area contributed by atoms with Crippen LogP contribution in [0.4, 0.5) is 5.69 Å². The zero-order valence-electron chi connectivity index (χ0n) is 14.9. The molecule has 1 amide bonds. The number of carbonyl (C=O) groups excluding carboxylic acids is 1. The molecule has 0 bridgehead atoms. The summed E-state index contributed by atoms with van der Waals surface area (Å²) >= 11 is 7.89. The average molecular weight is 396 g/mol. The van der Waals surface area contributed by atoms with E-state index in [4.69, 9.17) is 11.6 Å². The summed E-state index contributed by atoms with van der Waals surface area (Å²) < 4.78 is 0. The number of allylic oxidation sites excluding steroid dienone is 1. The molecule has 0 N–H and O–H groups in total. The van der Waals surface area contributed by atoms with Crippen LogP contribution in [0, 0.1) is 18.3 Å². The van der Waals surface area contributed by atoms with Gasteiger partial charge < -0.3 is 4.90 Å². The van der Waals surface area contributed by atoms with Gasteiger partial charge in [0.2, 0.25) is 5.91 Å². The van der Waals surface area contributed by atoms with Crippen molar-refractivity contribution in [2.45, 2.75) is 19.3 Å². The number of fused-ring (bicyclic) bond motifs is 1. The van der Waals surface area contributed by atoms with Crippen molar-refractivity contribution >= 4 is 35.0 Å². The number of benzene rings is 2. The normalized spacial score (nSPS) is 19.7.